The van der Waals surface area contributed by atoms with Crippen LogP contribution < -0.4 is 0 Å². The highest BCUT2D eigenvalue weighted by molar-refractivity contribution is 5.84. The van der Waals surface area contributed by atoms with Gasteiger partial charge >= 0.3 is 5.97 Å². The molecule has 0 fully saturated rings. The molecule has 0 aliphatic heterocycles. The Balaban J connectivity index is 2.06. The number of carbonyl (C=O) groups is 1. The van der Waals surface area contributed by atoms with E-state index in [1.807, 2.05) is 0 Å². The molecular weight excluding hydrogens is 347 g/mol. The lowest BCUT2D eigenvalue weighted by molar-refractivity contribution is -0.143. The minimum atomic E-state index is -2.91. The van der Waals surface area contributed by atoms with E-state index in [1.54, 1.807) is 19.9 Å². The van der Waals surface area contributed by atoms with Crippen molar-refractivity contribution in [1.82, 2.24) is 14.8 Å². The SMILES string of the molecule is CCOC(=O)Cn1nc(C)c2ncc(-c3ccc(F)c(C(F)F)c3)cc21. The van der Waals surface area contributed by atoms with Gasteiger partial charge in [0.05, 0.1) is 23.4 Å². The molecule has 3 aromatic rings. The Morgan fingerprint density at radius 3 is 2.73 bits per heavy atom. The Kier molecular flexibility index (Phi) is 4.92. The standard InChI is InChI=1S/C18H16F3N3O2/c1-3-26-16(25)9-24-15-7-12(8-22-17(15)10(2)23-24)11-4-5-14(19)13(6-11)18(20)21/h4-8,18H,3,9H2,1-2H3. The second-order valence-electron chi connectivity index (χ2n) is 5.68. The van der Waals surface area contributed by atoms with Crippen LogP contribution in [0.2, 0.25) is 0 Å². The number of nitrogens with zero attached hydrogens (tertiary/aromatic N) is 3. The number of aromatic nitrogens is 3. The van der Waals surface area contributed by atoms with Crippen LogP contribution in [0.1, 0.15) is 24.6 Å². The van der Waals surface area contributed by atoms with Gasteiger partial charge in [-0.25, -0.2) is 13.2 Å². The normalized spacial score (nSPS) is 11.3. The maximum Gasteiger partial charge on any atom is 0.327 e. The Morgan fingerprint density at radius 2 is 2.04 bits per heavy atom. The molecule has 0 atom stereocenters. The minimum absolute atomic E-state index is 0.0883. The third kappa shape index (κ3) is 3.40. The molecule has 1 aromatic carbocycles. The van der Waals surface area contributed by atoms with Crippen molar-refractivity contribution in [2.24, 2.45) is 0 Å². The first kappa shape index (κ1) is 17.9. The van der Waals surface area contributed by atoms with E-state index < -0.39 is 23.8 Å². The van der Waals surface area contributed by atoms with Crippen molar-refractivity contribution in [1.29, 1.82) is 0 Å². The van der Waals surface area contributed by atoms with Crippen LogP contribution in [-0.2, 0) is 16.1 Å². The number of fused-ring (bicyclic) bond motifs is 1. The number of pyridine rings is 1. The number of carbonyl (C=O) groups excluding carboxylic acids is 1. The van der Waals surface area contributed by atoms with E-state index in [9.17, 15) is 18.0 Å². The number of esters is 1. The summed E-state index contributed by atoms with van der Waals surface area (Å²) < 4.78 is 45.8. The largest absolute Gasteiger partial charge is 0.465 e. The van der Waals surface area contributed by atoms with Gasteiger partial charge in [0, 0.05) is 11.8 Å². The zero-order chi connectivity index (χ0) is 18.8. The Bertz CT molecular complexity index is 970. The second kappa shape index (κ2) is 7.15. The van der Waals surface area contributed by atoms with Gasteiger partial charge in [-0.15, -0.1) is 0 Å². The van der Waals surface area contributed by atoms with Crippen LogP contribution in [0, 0.1) is 12.7 Å². The van der Waals surface area contributed by atoms with Gasteiger partial charge in [-0.2, -0.15) is 5.10 Å². The summed E-state index contributed by atoms with van der Waals surface area (Å²) >= 11 is 0. The van der Waals surface area contributed by atoms with Gasteiger partial charge in [0.15, 0.2) is 0 Å². The highest BCUT2D eigenvalue weighted by Gasteiger charge is 2.17. The second-order valence-corrected chi connectivity index (χ2v) is 5.68. The van der Waals surface area contributed by atoms with Crippen molar-refractivity contribution in [2.75, 3.05) is 6.61 Å². The first-order valence-corrected chi connectivity index (χ1v) is 7.97. The zero-order valence-electron chi connectivity index (χ0n) is 14.2. The van der Waals surface area contributed by atoms with Crippen LogP contribution in [-0.4, -0.2) is 27.3 Å². The van der Waals surface area contributed by atoms with Crippen LogP contribution in [0.25, 0.3) is 22.2 Å². The molecule has 2 heterocycles. The molecule has 2 aromatic heterocycles. The van der Waals surface area contributed by atoms with Crippen molar-refractivity contribution in [3.63, 3.8) is 0 Å². The molecule has 0 aliphatic carbocycles. The van der Waals surface area contributed by atoms with Crippen LogP contribution in [0.3, 0.4) is 0 Å². The van der Waals surface area contributed by atoms with Crippen LogP contribution in [0.15, 0.2) is 30.5 Å². The van der Waals surface area contributed by atoms with Crippen molar-refractivity contribution >= 4 is 17.0 Å². The molecular formula is C18H16F3N3O2. The molecule has 136 valence electrons. The quantitative estimate of drug-likeness (QED) is 0.642. The van der Waals surface area contributed by atoms with Gasteiger partial charge in [0.1, 0.15) is 17.9 Å². The van der Waals surface area contributed by atoms with E-state index in [-0.39, 0.29) is 13.2 Å². The topological polar surface area (TPSA) is 57.0 Å². The summed E-state index contributed by atoms with van der Waals surface area (Å²) in [5.41, 5.74) is 2.04. The number of halogens is 3. The van der Waals surface area contributed by atoms with E-state index in [0.29, 0.717) is 27.9 Å². The van der Waals surface area contributed by atoms with Gasteiger partial charge in [0.2, 0.25) is 0 Å². The van der Waals surface area contributed by atoms with Crippen LogP contribution in [0.5, 0.6) is 0 Å². The lowest BCUT2D eigenvalue weighted by atomic mass is 10.0. The summed E-state index contributed by atoms with van der Waals surface area (Å²) in [6.45, 7) is 3.63. The van der Waals surface area contributed by atoms with Gasteiger partial charge in [-0.05, 0) is 37.6 Å². The van der Waals surface area contributed by atoms with E-state index in [2.05, 4.69) is 10.1 Å². The number of aryl methyl sites for hydroxylation is 1. The summed E-state index contributed by atoms with van der Waals surface area (Å²) in [5, 5.41) is 4.28. The van der Waals surface area contributed by atoms with E-state index >= 15 is 0 Å². The molecule has 0 amide bonds. The molecule has 0 unspecified atom stereocenters. The smallest absolute Gasteiger partial charge is 0.327 e. The first-order valence-electron chi connectivity index (χ1n) is 7.97. The highest BCUT2D eigenvalue weighted by Crippen LogP contribution is 2.29. The van der Waals surface area contributed by atoms with E-state index in [4.69, 9.17) is 4.74 Å². The molecule has 0 aliphatic rings. The van der Waals surface area contributed by atoms with Crippen molar-refractivity contribution in [3.05, 3.63) is 47.5 Å². The highest BCUT2D eigenvalue weighted by atomic mass is 19.3. The van der Waals surface area contributed by atoms with Gasteiger partial charge < -0.3 is 4.74 Å². The molecule has 0 saturated heterocycles. The monoisotopic (exact) mass is 363 g/mol. The number of rotatable bonds is 5. The maximum absolute atomic E-state index is 13.5. The van der Waals surface area contributed by atoms with E-state index in [1.165, 1.54) is 16.9 Å². The summed E-state index contributed by atoms with van der Waals surface area (Å²) in [7, 11) is 0. The maximum atomic E-state index is 13.5. The predicted molar refractivity (Wildman–Crippen MR) is 89.2 cm³/mol. The number of hydrogen-bond donors (Lipinski definition) is 0. The zero-order valence-corrected chi connectivity index (χ0v) is 14.2. The Hall–Kier alpha value is -2.90. The molecule has 3 rings (SSSR count). The average Bonchev–Trinajstić information content (AvgIpc) is 2.90. The summed E-state index contributed by atoms with van der Waals surface area (Å²) in [4.78, 5) is 16.1. The van der Waals surface area contributed by atoms with E-state index in [0.717, 1.165) is 12.1 Å². The van der Waals surface area contributed by atoms with Crippen molar-refractivity contribution in [2.45, 2.75) is 26.8 Å². The lowest BCUT2D eigenvalue weighted by Crippen LogP contribution is -2.14. The number of benzene rings is 1. The molecule has 0 saturated carbocycles. The summed E-state index contributed by atoms with van der Waals surface area (Å²) in [6.07, 6.45) is -1.41. The fraction of sp³-hybridized carbons (Fsp3) is 0.278. The van der Waals surface area contributed by atoms with Crippen LogP contribution >= 0.6 is 0 Å². The van der Waals surface area contributed by atoms with Crippen molar-refractivity contribution in [3.8, 4) is 11.1 Å². The first-order chi connectivity index (χ1) is 12.4. The minimum Gasteiger partial charge on any atom is -0.465 e. The average molecular weight is 363 g/mol. The summed E-state index contributed by atoms with van der Waals surface area (Å²) in [6, 6.07) is 5.19. The van der Waals surface area contributed by atoms with Gasteiger partial charge in [-0.1, -0.05) is 6.07 Å². The summed E-state index contributed by atoms with van der Waals surface area (Å²) in [5.74, 6) is -1.40. The van der Waals surface area contributed by atoms with Crippen molar-refractivity contribution < 1.29 is 22.7 Å². The number of ether oxygens (including phenoxy) is 1. The molecule has 5 nitrogen and oxygen atoms in total. The predicted octanol–water partition coefficient (Wildman–Crippen LogP) is 4.05. The molecule has 0 spiro atoms. The third-order valence-electron chi connectivity index (χ3n) is 3.91. The van der Waals surface area contributed by atoms with Gasteiger partial charge in [0.25, 0.3) is 6.43 Å². The fourth-order valence-electron chi connectivity index (χ4n) is 2.71. The molecule has 26 heavy (non-hydrogen) atoms. The molecule has 8 heteroatoms. The van der Waals surface area contributed by atoms with Gasteiger partial charge in [-0.3, -0.25) is 14.5 Å². The molecule has 0 bridgehead atoms. The Morgan fingerprint density at radius 1 is 1.27 bits per heavy atom. The number of hydrogen-bond acceptors (Lipinski definition) is 4. The molecule has 0 N–H and O–H groups in total. The fourth-order valence-corrected chi connectivity index (χ4v) is 2.71. The number of alkyl halides is 2. The van der Waals surface area contributed by atoms with Crippen LogP contribution in [0.4, 0.5) is 13.2 Å². The lowest BCUT2D eigenvalue weighted by Gasteiger charge is -2.07. The molecule has 0 radical (unpaired) electrons. The Labute approximate surface area is 147 Å². The third-order valence-corrected chi connectivity index (χ3v) is 3.91.